The van der Waals surface area contributed by atoms with Crippen molar-refractivity contribution in [1.29, 1.82) is 0 Å². The molecule has 2 rings (SSSR count). The lowest BCUT2D eigenvalue weighted by atomic mass is 10.3. The molecule has 0 radical (unpaired) electrons. The summed E-state index contributed by atoms with van der Waals surface area (Å²) in [5.74, 6) is 0.379. The number of pyridine rings is 1. The van der Waals surface area contributed by atoms with Crippen molar-refractivity contribution in [1.82, 2.24) is 19.7 Å². The number of aromatic carboxylic acids is 1. The van der Waals surface area contributed by atoms with Gasteiger partial charge in [0.05, 0.1) is 12.1 Å². The molecule has 0 atom stereocenters. The van der Waals surface area contributed by atoms with Crippen LogP contribution in [0.15, 0.2) is 24.7 Å². The standard InChI is InChI=1S/C10H11N5O2/c1-15-6-13-14-9(15)5-12-8-3-2-7(4-11-8)10(16)17/h2-4,6H,5H2,1H3,(H,11,12)(H,16,17). The number of nitrogens with zero attached hydrogens (tertiary/aromatic N) is 4. The second-order valence-corrected chi connectivity index (χ2v) is 3.45. The van der Waals surface area contributed by atoms with Crippen molar-refractivity contribution < 1.29 is 9.90 Å². The van der Waals surface area contributed by atoms with Crippen molar-refractivity contribution in [3.8, 4) is 0 Å². The van der Waals surface area contributed by atoms with Gasteiger partial charge in [-0.15, -0.1) is 10.2 Å². The Bertz CT molecular complexity index is 520. The van der Waals surface area contributed by atoms with E-state index < -0.39 is 5.97 Å². The van der Waals surface area contributed by atoms with Crippen molar-refractivity contribution in [2.45, 2.75) is 6.54 Å². The Balaban J connectivity index is 2.00. The fourth-order valence-corrected chi connectivity index (χ4v) is 1.26. The first-order valence-electron chi connectivity index (χ1n) is 4.93. The fourth-order valence-electron chi connectivity index (χ4n) is 1.26. The maximum Gasteiger partial charge on any atom is 0.337 e. The topological polar surface area (TPSA) is 92.9 Å². The number of anilines is 1. The molecule has 0 aromatic carbocycles. The van der Waals surface area contributed by atoms with Crippen LogP contribution in [0.2, 0.25) is 0 Å². The first-order chi connectivity index (χ1) is 8.16. The smallest absolute Gasteiger partial charge is 0.337 e. The molecule has 0 bridgehead atoms. The zero-order valence-corrected chi connectivity index (χ0v) is 9.16. The molecule has 2 heterocycles. The number of hydrogen-bond acceptors (Lipinski definition) is 5. The minimum Gasteiger partial charge on any atom is -0.478 e. The molecular weight excluding hydrogens is 222 g/mol. The van der Waals surface area contributed by atoms with Crippen LogP contribution in [-0.4, -0.2) is 30.8 Å². The number of carboxylic acid groups (broad SMARTS) is 1. The van der Waals surface area contributed by atoms with Crippen molar-refractivity contribution >= 4 is 11.8 Å². The molecule has 7 nitrogen and oxygen atoms in total. The predicted octanol–water partition coefficient (Wildman–Crippen LogP) is 0.520. The molecule has 0 unspecified atom stereocenters. The highest BCUT2D eigenvalue weighted by molar-refractivity contribution is 5.87. The lowest BCUT2D eigenvalue weighted by Gasteiger charge is -2.04. The third kappa shape index (κ3) is 2.57. The van der Waals surface area contributed by atoms with Crippen LogP contribution in [0.25, 0.3) is 0 Å². The first-order valence-corrected chi connectivity index (χ1v) is 4.93. The quantitative estimate of drug-likeness (QED) is 0.799. The van der Waals surface area contributed by atoms with Crippen LogP contribution < -0.4 is 5.32 Å². The zero-order chi connectivity index (χ0) is 12.3. The number of carbonyl (C=O) groups is 1. The summed E-state index contributed by atoms with van der Waals surface area (Å²) < 4.78 is 1.79. The lowest BCUT2D eigenvalue weighted by Crippen LogP contribution is -2.07. The molecule has 2 aromatic heterocycles. The maximum atomic E-state index is 10.6. The Morgan fingerprint density at radius 2 is 2.35 bits per heavy atom. The minimum absolute atomic E-state index is 0.161. The number of rotatable bonds is 4. The third-order valence-electron chi connectivity index (χ3n) is 2.24. The van der Waals surface area contributed by atoms with E-state index in [2.05, 4.69) is 20.5 Å². The third-order valence-corrected chi connectivity index (χ3v) is 2.24. The van der Waals surface area contributed by atoms with Gasteiger partial charge >= 0.3 is 5.97 Å². The minimum atomic E-state index is -0.989. The van der Waals surface area contributed by atoms with Gasteiger partial charge in [0, 0.05) is 13.2 Å². The van der Waals surface area contributed by atoms with Crippen molar-refractivity contribution in [2.75, 3.05) is 5.32 Å². The van der Waals surface area contributed by atoms with E-state index in [1.807, 2.05) is 7.05 Å². The van der Waals surface area contributed by atoms with E-state index in [4.69, 9.17) is 5.11 Å². The lowest BCUT2D eigenvalue weighted by molar-refractivity contribution is 0.0696. The van der Waals surface area contributed by atoms with Crippen LogP contribution in [0.3, 0.4) is 0 Å². The molecule has 0 aliphatic heterocycles. The van der Waals surface area contributed by atoms with Gasteiger partial charge in [-0.25, -0.2) is 9.78 Å². The van der Waals surface area contributed by atoms with Gasteiger partial charge in [-0.1, -0.05) is 0 Å². The average molecular weight is 233 g/mol. The van der Waals surface area contributed by atoms with Crippen LogP contribution >= 0.6 is 0 Å². The molecule has 2 aromatic rings. The Hall–Kier alpha value is -2.44. The van der Waals surface area contributed by atoms with E-state index in [-0.39, 0.29) is 5.56 Å². The Morgan fingerprint density at radius 1 is 1.53 bits per heavy atom. The fraction of sp³-hybridized carbons (Fsp3) is 0.200. The maximum absolute atomic E-state index is 10.6. The highest BCUT2D eigenvalue weighted by Crippen LogP contribution is 2.06. The number of hydrogen-bond donors (Lipinski definition) is 2. The van der Waals surface area contributed by atoms with E-state index in [0.717, 1.165) is 5.82 Å². The normalized spacial score (nSPS) is 10.2. The van der Waals surface area contributed by atoms with E-state index in [0.29, 0.717) is 12.4 Å². The van der Waals surface area contributed by atoms with Crippen LogP contribution in [-0.2, 0) is 13.6 Å². The van der Waals surface area contributed by atoms with Gasteiger partial charge in [-0.3, -0.25) is 0 Å². The van der Waals surface area contributed by atoms with Crippen molar-refractivity contribution in [2.24, 2.45) is 7.05 Å². The summed E-state index contributed by atoms with van der Waals surface area (Å²) in [5, 5.41) is 19.4. The van der Waals surface area contributed by atoms with Crippen molar-refractivity contribution in [3.63, 3.8) is 0 Å². The van der Waals surface area contributed by atoms with E-state index >= 15 is 0 Å². The SMILES string of the molecule is Cn1cnnc1CNc1ccc(C(=O)O)cn1. The van der Waals surface area contributed by atoms with Crippen LogP contribution in [0, 0.1) is 0 Å². The number of nitrogens with one attached hydrogen (secondary N) is 1. The summed E-state index contributed by atoms with van der Waals surface area (Å²) in [6.45, 7) is 0.482. The molecule has 7 heteroatoms. The van der Waals surface area contributed by atoms with Gasteiger partial charge < -0.3 is 15.0 Å². The summed E-state index contributed by atoms with van der Waals surface area (Å²) in [4.78, 5) is 14.6. The molecular formula is C10H11N5O2. The van der Waals surface area contributed by atoms with Crippen molar-refractivity contribution in [3.05, 3.63) is 36.0 Å². The molecule has 88 valence electrons. The van der Waals surface area contributed by atoms with Gasteiger partial charge in [0.2, 0.25) is 0 Å². The van der Waals surface area contributed by atoms with E-state index in [9.17, 15) is 4.79 Å². The Kier molecular flexibility index (Phi) is 2.99. The summed E-state index contributed by atoms with van der Waals surface area (Å²) in [6.07, 6.45) is 2.92. The van der Waals surface area contributed by atoms with Crippen LogP contribution in [0.5, 0.6) is 0 Å². The second kappa shape index (κ2) is 4.60. The first kappa shape index (κ1) is 11.1. The van der Waals surface area contributed by atoms with Gasteiger partial charge in [-0.2, -0.15) is 0 Å². The molecule has 0 saturated carbocycles. The van der Waals surface area contributed by atoms with Gasteiger partial charge in [0.25, 0.3) is 0 Å². The summed E-state index contributed by atoms with van der Waals surface area (Å²) in [6, 6.07) is 3.11. The number of aryl methyl sites for hydroxylation is 1. The molecule has 0 spiro atoms. The molecule has 0 fully saturated rings. The zero-order valence-electron chi connectivity index (χ0n) is 9.16. The molecule has 17 heavy (non-hydrogen) atoms. The number of aromatic nitrogens is 4. The highest BCUT2D eigenvalue weighted by Gasteiger charge is 2.04. The van der Waals surface area contributed by atoms with Crippen LogP contribution in [0.1, 0.15) is 16.2 Å². The highest BCUT2D eigenvalue weighted by atomic mass is 16.4. The Morgan fingerprint density at radius 3 is 2.88 bits per heavy atom. The van der Waals surface area contributed by atoms with E-state index in [1.54, 1.807) is 17.0 Å². The van der Waals surface area contributed by atoms with Gasteiger partial charge in [0.1, 0.15) is 12.1 Å². The second-order valence-electron chi connectivity index (χ2n) is 3.45. The Labute approximate surface area is 97.1 Å². The van der Waals surface area contributed by atoms with Crippen LogP contribution in [0.4, 0.5) is 5.82 Å². The monoisotopic (exact) mass is 233 g/mol. The van der Waals surface area contributed by atoms with E-state index in [1.165, 1.54) is 12.3 Å². The van der Waals surface area contributed by atoms with Gasteiger partial charge in [0.15, 0.2) is 5.82 Å². The summed E-state index contributed by atoms with van der Waals surface area (Å²) >= 11 is 0. The predicted molar refractivity (Wildman–Crippen MR) is 59.5 cm³/mol. The number of carboxylic acids is 1. The molecule has 0 amide bonds. The molecule has 0 aliphatic rings. The largest absolute Gasteiger partial charge is 0.478 e. The average Bonchev–Trinajstić information content (AvgIpc) is 2.73. The molecule has 0 saturated heterocycles. The van der Waals surface area contributed by atoms with Gasteiger partial charge in [-0.05, 0) is 12.1 Å². The molecule has 0 aliphatic carbocycles. The summed E-state index contributed by atoms with van der Waals surface area (Å²) in [7, 11) is 1.85. The molecule has 2 N–H and O–H groups in total. The summed E-state index contributed by atoms with van der Waals surface area (Å²) in [5.41, 5.74) is 0.161.